The molecule has 6 heteroatoms. The van der Waals surface area contributed by atoms with Gasteiger partial charge in [-0.1, -0.05) is 6.92 Å². The Balaban J connectivity index is -0.000000500. The normalized spacial score (nSPS) is 10.9. The van der Waals surface area contributed by atoms with Crippen molar-refractivity contribution in [3.8, 4) is 0 Å². The summed E-state index contributed by atoms with van der Waals surface area (Å²) in [6, 6.07) is -0.597. The van der Waals surface area contributed by atoms with Crippen LogP contribution in [-0.2, 0) is 4.79 Å². The summed E-state index contributed by atoms with van der Waals surface area (Å²) in [6.45, 7) is 2.55. The molecule has 0 aliphatic rings. The van der Waals surface area contributed by atoms with Gasteiger partial charge in [-0.15, -0.1) is 24.8 Å². The zero-order valence-electron chi connectivity index (χ0n) is 7.52. The monoisotopic (exact) mass is 233 g/mol. The van der Waals surface area contributed by atoms with Gasteiger partial charge in [0.1, 0.15) is 6.04 Å². The molecule has 0 saturated carbocycles. The van der Waals surface area contributed by atoms with Crippen LogP contribution in [0.15, 0.2) is 0 Å². The van der Waals surface area contributed by atoms with E-state index in [2.05, 4.69) is 5.32 Å². The largest absolute Gasteiger partial charge is 0.480 e. The van der Waals surface area contributed by atoms with E-state index in [-0.39, 0.29) is 37.8 Å². The van der Waals surface area contributed by atoms with Crippen molar-refractivity contribution in [1.82, 2.24) is 5.32 Å². The third kappa shape index (κ3) is 9.89. The van der Waals surface area contributed by atoms with Gasteiger partial charge in [-0.25, -0.2) is 0 Å². The SMILES string of the molecule is CCCN[C@@H](CCO)C(=O)O.Cl.Cl. The third-order valence-electron chi connectivity index (χ3n) is 1.36. The van der Waals surface area contributed by atoms with E-state index in [9.17, 15) is 4.79 Å². The molecule has 0 amide bonds. The van der Waals surface area contributed by atoms with Crippen LogP contribution in [0.4, 0.5) is 0 Å². The van der Waals surface area contributed by atoms with Gasteiger partial charge < -0.3 is 15.5 Å². The fourth-order valence-corrected chi connectivity index (χ4v) is 0.761. The number of aliphatic hydroxyl groups is 1. The molecule has 0 rings (SSSR count). The fraction of sp³-hybridized carbons (Fsp3) is 0.857. The second-order valence-electron chi connectivity index (χ2n) is 2.36. The molecule has 0 saturated heterocycles. The second kappa shape index (κ2) is 12.0. The molecular formula is C7H17Cl2NO3. The van der Waals surface area contributed by atoms with E-state index in [1.807, 2.05) is 6.92 Å². The molecular weight excluding hydrogens is 217 g/mol. The lowest BCUT2D eigenvalue weighted by Crippen LogP contribution is -2.37. The van der Waals surface area contributed by atoms with Gasteiger partial charge in [0.25, 0.3) is 0 Å². The number of aliphatic hydroxyl groups excluding tert-OH is 1. The minimum absolute atomic E-state index is 0. The predicted molar refractivity (Wildman–Crippen MR) is 55.9 cm³/mol. The zero-order valence-corrected chi connectivity index (χ0v) is 9.16. The van der Waals surface area contributed by atoms with Crippen molar-refractivity contribution >= 4 is 30.8 Å². The lowest BCUT2D eigenvalue weighted by molar-refractivity contribution is -0.139. The van der Waals surface area contributed by atoms with Crippen molar-refractivity contribution in [3.05, 3.63) is 0 Å². The predicted octanol–water partition coefficient (Wildman–Crippen LogP) is 0.665. The molecule has 0 aliphatic carbocycles. The molecule has 0 aromatic heterocycles. The van der Waals surface area contributed by atoms with Crippen molar-refractivity contribution in [2.45, 2.75) is 25.8 Å². The Morgan fingerprint density at radius 1 is 1.46 bits per heavy atom. The van der Waals surface area contributed by atoms with Gasteiger partial charge >= 0.3 is 5.97 Å². The lowest BCUT2D eigenvalue weighted by Gasteiger charge is -2.11. The van der Waals surface area contributed by atoms with Gasteiger partial charge in [-0.05, 0) is 19.4 Å². The molecule has 4 nitrogen and oxygen atoms in total. The zero-order chi connectivity index (χ0) is 8.69. The number of hydrogen-bond acceptors (Lipinski definition) is 3. The first-order valence-corrected chi connectivity index (χ1v) is 3.79. The number of halogens is 2. The summed E-state index contributed by atoms with van der Waals surface area (Å²) in [4.78, 5) is 10.4. The number of hydrogen-bond donors (Lipinski definition) is 3. The number of carbonyl (C=O) groups is 1. The molecule has 0 bridgehead atoms. The maximum absolute atomic E-state index is 10.4. The molecule has 82 valence electrons. The summed E-state index contributed by atoms with van der Waals surface area (Å²) in [5.74, 6) is -0.896. The van der Waals surface area contributed by atoms with Crippen LogP contribution in [0.5, 0.6) is 0 Å². The molecule has 0 fully saturated rings. The van der Waals surface area contributed by atoms with Gasteiger partial charge in [0.05, 0.1) is 0 Å². The first-order valence-electron chi connectivity index (χ1n) is 3.79. The molecule has 1 atom stereocenters. The highest BCUT2D eigenvalue weighted by Gasteiger charge is 2.14. The van der Waals surface area contributed by atoms with E-state index in [1.165, 1.54) is 0 Å². The van der Waals surface area contributed by atoms with Crippen LogP contribution in [0.25, 0.3) is 0 Å². The highest BCUT2D eigenvalue weighted by Crippen LogP contribution is 1.90. The van der Waals surface area contributed by atoms with Gasteiger partial charge in [-0.3, -0.25) is 4.79 Å². The molecule has 0 radical (unpaired) electrons. The molecule has 0 spiro atoms. The second-order valence-corrected chi connectivity index (χ2v) is 2.36. The first kappa shape index (κ1) is 18.7. The van der Waals surface area contributed by atoms with E-state index in [4.69, 9.17) is 10.2 Å². The van der Waals surface area contributed by atoms with Crippen molar-refractivity contribution < 1.29 is 15.0 Å². The third-order valence-corrected chi connectivity index (χ3v) is 1.36. The Hall–Kier alpha value is -0.0300. The number of rotatable bonds is 6. The number of nitrogens with one attached hydrogen (secondary N) is 1. The van der Waals surface area contributed by atoms with Crippen molar-refractivity contribution in [3.63, 3.8) is 0 Å². The maximum Gasteiger partial charge on any atom is 0.320 e. The molecule has 13 heavy (non-hydrogen) atoms. The summed E-state index contributed by atoms with van der Waals surface area (Å²) in [5, 5.41) is 19.8. The average molecular weight is 234 g/mol. The number of carboxylic acids is 1. The smallest absolute Gasteiger partial charge is 0.320 e. The summed E-state index contributed by atoms with van der Waals surface area (Å²) in [6.07, 6.45) is 1.17. The molecule has 0 unspecified atom stereocenters. The molecule has 3 N–H and O–H groups in total. The minimum Gasteiger partial charge on any atom is -0.480 e. The first-order chi connectivity index (χ1) is 5.22. The average Bonchev–Trinajstić information content (AvgIpc) is 1.97. The summed E-state index contributed by atoms with van der Waals surface area (Å²) in [5.41, 5.74) is 0. The molecule has 0 aliphatic heterocycles. The topological polar surface area (TPSA) is 69.6 Å². The Kier molecular flexibility index (Phi) is 17.2. The fourth-order valence-electron chi connectivity index (χ4n) is 0.761. The lowest BCUT2D eigenvalue weighted by atomic mass is 10.2. The Labute approximate surface area is 90.5 Å². The minimum atomic E-state index is -0.896. The van der Waals surface area contributed by atoms with Crippen molar-refractivity contribution in [2.75, 3.05) is 13.2 Å². The van der Waals surface area contributed by atoms with E-state index < -0.39 is 12.0 Å². The van der Waals surface area contributed by atoms with Crippen LogP contribution in [0.3, 0.4) is 0 Å². The summed E-state index contributed by atoms with van der Waals surface area (Å²) >= 11 is 0. The van der Waals surface area contributed by atoms with Crippen LogP contribution >= 0.6 is 24.8 Å². The Morgan fingerprint density at radius 2 is 2.00 bits per heavy atom. The highest BCUT2D eigenvalue weighted by molar-refractivity contribution is 5.85. The summed E-state index contributed by atoms with van der Waals surface area (Å²) in [7, 11) is 0. The number of carboxylic acid groups (broad SMARTS) is 1. The van der Waals surface area contributed by atoms with Crippen LogP contribution in [0.2, 0.25) is 0 Å². The maximum atomic E-state index is 10.4. The van der Waals surface area contributed by atoms with Crippen LogP contribution < -0.4 is 5.32 Å². The Bertz CT molecular complexity index is 124. The molecule has 0 aromatic rings. The van der Waals surface area contributed by atoms with Gasteiger partial charge in [0.2, 0.25) is 0 Å². The Morgan fingerprint density at radius 3 is 2.31 bits per heavy atom. The van der Waals surface area contributed by atoms with E-state index in [0.717, 1.165) is 6.42 Å². The van der Waals surface area contributed by atoms with Crippen molar-refractivity contribution in [1.29, 1.82) is 0 Å². The van der Waals surface area contributed by atoms with Gasteiger partial charge in [0.15, 0.2) is 0 Å². The molecule has 0 heterocycles. The quantitative estimate of drug-likeness (QED) is 0.631. The van der Waals surface area contributed by atoms with Crippen LogP contribution in [-0.4, -0.2) is 35.4 Å². The highest BCUT2D eigenvalue weighted by atomic mass is 35.5. The van der Waals surface area contributed by atoms with E-state index >= 15 is 0 Å². The van der Waals surface area contributed by atoms with Crippen LogP contribution in [0, 0.1) is 0 Å². The summed E-state index contributed by atoms with van der Waals surface area (Å²) < 4.78 is 0. The van der Waals surface area contributed by atoms with Gasteiger partial charge in [0, 0.05) is 6.61 Å². The van der Waals surface area contributed by atoms with Crippen LogP contribution in [0.1, 0.15) is 19.8 Å². The van der Waals surface area contributed by atoms with Crippen molar-refractivity contribution in [2.24, 2.45) is 0 Å². The van der Waals surface area contributed by atoms with E-state index in [1.54, 1.807) is 0 Å². The van der Waals surface area contributed by atoms with E-state index in [0.29, 0.717) is 6.54 Å². The van der Waals surface area contributed by atoms with Gasteiger partial charge in [-0.2, -0.15) is 0 Å². The standard InChI is InChI=1S/C7H15NO3.2ClH/c1-2-4-8-6(3-5-9)7(10)11;;/h6,8-9H,2-5H2,1H3,(H,10,11);2*1H/t6-;;/m0../s1. The number of aliphatic carboxylic acids is 1. The molecule has 0 aromatic carbocycles.